The molecule has 170 valence electrons. The molecule has 0 atom stereocenters. The van der Waals surface area contributed by atoms with E-state index in [0.29, 0.717) is 11.3 Å². The molecule has 2 N–H and O–H groups in total. The van der Waals surface area contributed by atoms with Crippen molar-refractivity contribution in [1.29, 1.82) is 0 Å². The lowest BCUT2D eigenvalue weighted by molar-refractivity contribution is -0.116. The number of nitrogens with one attached hydrogen (secondary N) is 2. The summed E-state index contributed by atoms with van der Waals surface area (Å²) in [6.45, 7) is 0. The van der Waals surface area contributed by atoms with Crippen molar-refractivity contribution in [3.8, 4) is 0 Å². The van der Waals surface area contributed by atoms with Crippen LogP contribution in [0.2, 0.25) is 0 Å². The number of anilines is 2. The zero-order chi connectivity index (χ0) is 23.3. The number of hydrogen-bond acceptors (Lipinski definition) is 6. The second-order valence-electron chi connectivity index (χ2n) is 7.86. The Morgan fingerprint density at radius 2 is 1.58 bits per heavy atom. The molecule has 1 aliphatic carbocycles. The molecular weight excluding hydrogens is 440 g/mol. The molecule has 1 aliphatic rings. The van der Waals surface area contributed by atoms with E-state index in [9.17, 15) is 18.0 Å². The lowest BCUT2D eigenvalue weighted by Crippen LogP contribution is -2.16. The van der Waals surface area contributed by atoms with Crippen molar-refractivity contribution in [3.05, 3.63) is 77.6 Å². The van der Waals surface area contributed by atoms with Gasteiger partial charge in [0.2, 0.25) is 11.9 Å². The van der Waals surface area contributed by atoms with Gasteiger partial charge in [-0.1, -0.05) is 12.1 Å². The van der Waals surface area contributed by atoms with E-state index in [4.69, 9.17) is 0 Å². The van der Waals surface area contributed by atoms with Gasteiger partial charge in [0.15, 0.2) is 5.78 Å². The molecule has 0 radical (unpaired) electrons. The van der Waals surface area contributed by atoms with Crippen molar-refractivity contribution in [1.82, 2.24) is 9.97 Å². The molecule has 0 spiro atoms. The molecule has 4 rings (SSSR count). The van der Waals surface area contributed by atoms with Crippen molar-refractivity contribution < 1.29 is 18.0 Å². The summed E-state index contributed by atoms with van der Waals surface area (Å²) in [7, 11) is -3.85. The Morgan fingerprint density at radius 1 is 0.879 bits per heavy atom. The van der Waals surface area contributed by atoms with Crippen LogP contribution in [0.3, 0.4) is 0 Å². The van der Waals surface area contributed by atoms with Crippen molar-refractivity contribution in [3.63, 3.8) is 0 Å². The summed E-state index contributed by atoms with van der Waals surface area (Å²) in [6.07, 6.45) is 7.40. The summed E-state index contributed by atoms with van der Waals surface area (Å²) in [5.74, 6) is -0.402. The molecule has 1 amide bonds. The molecule has 0 fully saturated rings. The number of nitrogens with zero attached hydrogens (tertiary/aromatic N) is 2. The molecule has 1 heterocycles. The topological polar surface area (TPSA) is 118 Å². The highest BCUT2D eigenvalue weighted by Gasteiger charge is 2.17. The fourth-order valence-electron chi connectivity index (χ4n) is 3.75. The fraction of sp³-hybridized carbons (Fsp3) is 0.250. The number of carbonyl (C=O) groups excluding carboxylic acids is 2. The summed E-state index contributed by atoms with van der Waals surface area (Å²) in [5, 5.41) is 2.70. The van der Waals surface area contributed by atoms with Gasteiger partial charge in [0, 0.05) is 36.5 Å². The first kappa shape index (κ1) is 22.6. The number of fused-ring (bicyclic) bond motifs is 1. The predicted molar refractivity (Wildman–Crippen MR) is 125 cm³/mol. The second kappa shape index (κ2) is 9.91. The van der Waals surface area contributed by atoms with Crippen LogP contribution in [0.25, 0.3) is 0 Å². The summed E-state index contributed by atoms with van der Waals surface area (Å²) in [5.41, 5.74) is 3.64. The van der Waals surface area contributed by atoms with E-state index in [2.05, 4.69) is 20.0 Å². The quantitative estimate of drug-likeness (QED) is 0.490. The van der Waals surface area contributed by atoms with Crippen LogP contribution in [0.1, 0.15) is 47.2 Å². The standard InChI is InChI=1S/C24H24N4O4S/c29-22(19-7-6-17-4-1-2-5-18(17)16-19)12-13-23(30)27-20-8-10-21(11-9-20)33(31,32)28-24-25-14-3-15-26-24/h3,6-11,14-16H,1-2,4-5,12-13H2,(H,27,30)(H,25,26,28). The molecule has 3 aromatic rings. The molecule has 1 aromatic heterocycles. The highest BCUT2D eigenvalue weighted by molar-refractivity contribution is 7.92. The van der Waals surface area contributed by atoms with Gasteiger partial charge in [0.1, 0.15) is 0 Å². The van der Waals surface area contributed by atoms with E-state index in [1.807, 2.05) is 18.2 Å². The number of sulfonamides is 1. The van der Waals surface area contributed by atoms with Crippen LogP contribution in [-0.2, 0) is 27.7 Å². The largest absolute Gasteiger partial charge is 0.326 e. The highest BCUT2D eigenvalue weighted by atomic mass is 32.2. The normalized spacial score (nSPS) is 13.1. The number of Topliss-reactive ketones (excluding diaryl/α,β-unsaturated/α-hetero) is 1. The van der Waals surface area contributed by atoms with E-state index in [1.165, 1.54) is 54.2 Å². The van der Waals surface area contributed by atoms with Crippen molar-refractivity contribution in [2.75, 3.05) is 10.0 Å². The summed E-state index contributed by atoms with van der Waals surface area (Å²) < 4.78 is 27.1. The minimum absolute atomic E-state index is 0.00976. The van der Waals surface area contributed by atoms with Crippen LogP contribution in [0.4, 0.5) is 11.6 Å². The number of aryl methyl sites for hydroxylation is 2. The number of hydrogen-bond donors (Lipinski definition) is 2. The second-order valence-corrected chi connectivity index (χ2v) is 9.55. The van der Waals surface area contributed by atoms with E-state index in [1.54, 1.807) is 6.07 Å². The maximum absolute atomic E-state index is 12.5. The minimum Gasteiger partial charge on any atom is -0.326 e. The van der Waals surface area contributed by atoms with Crippen LogP contribution in [-0.4, -0.2) is 30.1 Å². The van der Waals surface area contributed by atoms with Gasteiger partial charge in [-0.05, 0) is 73.2 Å². The van der Waals surface area contributed by atoms with E-state index in [0.717, 1.165) is 19.3 Å². The predicted octanol–water partition coefficient (Wildman–Crippen LogP) is 3.76. The monoisotopic (exact) mass is 464 g/mol. The molecule has 0 saturated heterocycles. The van der Waals surface area contributed by atoms with Crippen LogP contribution in [0.15, 0.2) is 65.8 Å². The van der Waals surface area contributed by atoms with Gasteiger partial charge in [0.25, 0.3) is 10.0 Å². The molecule has 33 heavy (non-hydrogen) atoms. The lowest BCUT2D eigenvalue weighted by atomic mass is 9.89. The zero-order valence-corrected chi connectivity index (χ0v) is 18.8. The molecule has 2 aromatic carbocycles. The van der Waals surface area contributed by atoms with Gasteiger partial charge >= 0.3 is 0 Å². The van der Waals surface area contributed by atoms with Crippen LogP contribution in [0, 0.1) is 0 Å². The minimum atomic E-state index is -3.85. The first-order valence-corrected chi connectivity index (χ1v) is 12.2. The highest BCUT2D eigenvalue weighted by Crippen LogP contribution is 2.23. The number of rotatable bonds is 8. The summed E-state index contributed by atoms with van der Waals surface area (Å²) in [4.78, 5) is 32.5. The van der Waals surface area contributed by atoms with Gasteiger partial charge in [-0.25, -0.2) is 23.1 Å². The number of carbonyl (C=O) groups is 2. The Balaban J connectivity index is 1.31. The maximum Gasteiger partial charge on any atom is 0.264 e. The Bertz CT molecular complexity index is 1260. The number of amides is 1. The molecule has 0 bridgehead atoms. The smallest absolute Gasteiger partial charge is 0.264 e. The average molecular weight is 465 g/mol. The summed E-state index contributed by atoms with van der Waals surface area (Å²) >= 11 is 0. The third-order valence-electron chi connectivity index (χ3n) is 5.49. The maximum atomic E-state index is 12.5. The molecule has 9 heteroatoms. The molecule has 0 aliphatic heterocycles. The van der Waals surface area contributed by atoms with Crippen molar-refractivity contribution >= 4 is 33.3 Å². The first-order valence-electron chi connectivity index (χ1n) is 10.8. The number of ketones is 1. The van der Waals surface area contributed by atoms with Crippen LogP contribution >= 0.6 is 0 Å². The Hall–Kier alpha value is -3.59. The fourth-order valence-corrected chi connectivity index (χ4v) is 4.71. The Kier molecular flexibility index (Phi) is 6.79. The van der Waals surface area contributed by atoms with E-state index in [-0.39, 0.29) is 35.4 Å². The average Bonchev–Trinajstić information content (AvgIpc) is 2.83. The molecule has 0 saturated carbocycles. The van der Waals surface area contributed by atoms with Gasteiger partial charge < -0.3 is 5.32 Å². The number of aromatic nitrogens is 2. The lowest BCUT2D eigenvalue weighted by Gasteiger charge is -2.16. The summed E-state index contributed by atoms with van der Waals surface area (Å²) in [6, 6.07) is 13.1. The van der Waals surface area contributed by atoms with Crippen molar-refractivity contribution in [2.45, 2.75) is 43.4 Å². The van der Waals surface area contributed by atoms with Crippen LogP contribution < -0.4 is 10.0 Å². The number of benzene rings is 2. The third kappa shape index (κ3) is 5.81. The van der Waals surface area contributed by atoms with E-state index < -0.39 is 10.0 Å². The van der Waals surface area contributed by atoms with Crippen LogP contribution in [0.5, 0.6) is 0 Å². The molecule has 8 nitrogen and oxygen atoms in total. The Morgan fingerprint density at radius 3 is 2.30 bits per heavy atom. The first-order chi connectivity index (χ1) is 15.9. The molecular formula is C24H24N4O4S. The Labute approximate surface area is 192 Å². The SMILES string of the molecule is O=C(CCC(=O)c1ccc2c(c1)CCCC2)Nc1ccc(S(=O)(=O)Nc2ncccn2)cc1. The van der Waals surface area contributed by atoms with Gasteiger partial charge in [-0.3, -0.25) is 9.59 Å². The van der Waals surface area contributed by atoms with E-state index >= 15 is 0 Å². The molecule has 0 unspecified atom stereocenters. The van der Waals surface area contributed by atoms with Gasteiger partial charge in [0.05, 0.1) is 4.90 Å². The van der Waals surface area contributed by atoms with Crippen molar-refractivity contribution in [2.24, 2.45) is 0 Å². The third-order valence-corrected chi connectivity index (χ3v) is 6.83. The zero-order valence-electron chi connectivity index (χ0n) is 18.0. The van der Waals surface area contributed by atoms with Gasteiger partial charge in [-0.15, -0.1) is 0 Å². The van der Waals surface area contributed by atoms with Gasteiger partial charge in [-0.2, -0.15) is 0 Å².